The first-order chi connectivity index (χ1) is 10.6. The quantitative estimate of drug-likeness (QED) is 0.856. The van der Waals surface area contributed by atoms with E-state index in [4.69, 9.17) is 4.42 Å². The summed E-state index contributed by atoms with van der Waals surface area (Å²) in [7, 11) is 0. The average molecular weight is 363 g/mol. The third kappa shape index (κ3) is 3.76. The van der Waals surface area contributed by atoms with Crippen LogP contribution < -0.4 is 10.6 Å². The molecule has 0 bridgehead atoms. The van der Waals surface area contributed by atoms with Crippen LogP contribution in [0, 0.1) is 5.92 Å². The van der Waals surface area contributed by atoms with Crippen molar-refractivity contribution in [2.45, 2.75) is 19.4 Å². The highest BCUT2D eigenvalue weighted by atomic mass is 79.9. The van der Waals surface area contributed by atoms with Gasteiger partial charge < -0.3 is 15.1 Å². The Morgan fingerprint density at radius 2 is 2.05 bits per heavy atom. The number of anilines is 1. The Bertz CT molecular complexity index is 707. The number of halogens is 1. The van der Waals surface area contributed by atoms with Crippen molar-refractivity contribution in [2.24, 2.45) is 5.92 Å². The third-order valence-corrected chi connectivity index (χ3v) is 3.82. The van der Waals surface area contributed by atoms with Gasteiger partial charge in [0.15, 0.2) is 10.4 Å². The van der Waals surface area contributed by atoms with Crippen molar-refractivity contribution in [2.75, 3.05) is 5.32 Å². The average Bonchev–Trinajstić information content (AvgIpc) is 3.27. The van der Waals surface area contributed by atoms with Gasteiger partial charge in [-0.15, -0.1) is 0 Å². The van der Waals surface area contributed by atoms with Crippen LogP contribution in [-0.4, -0.2) is 11.8 Å². The zero-order valence-electron chi connectivity index (χ0n) is 11.8. The fourth-order valence-electron chi connectivity index (χ4n) is 2.05. The molecule has 1 heterocycles. The zero-order valence-corrected chi connectivity index (χ0v) is 13.4. The number of carbonyl (C=O) groups is 2. The van der Waals surface area contributed by atoms with Gasteiger partial charge in [-0.05, 0) is 58.6 Å². The first-order valence-electron chi connectivity index (χ1n) is 7.05. The van der Waals surface area contributed by atoms with E-state index in [2.05, 4.69) is 26.6 Å². The van der Waals surface area contributed by atoms with Gasteiger partial charge in [-0.25, -0.2) is 0 Å². The molecule has 1 aromatic carbocycles. The highest BCUT2D eigenvalue weighted by Gasteiger charge is 2.29. The number of rotatable bonds is 5. The zero-order chi connectivity index (χ0) is 15.5. The lowest BCUT2D eigenvalue weighted by molar-refractivity contribution is -0.117. The number of hydrogen-bond donors (Lipinski definition) is 2. The fourth-order valence-corrected chi connectivity index (χ4v) is 2.36. The van der Waals surface area contributed by atoms with Gasteiger partial charge in [-0.1, -0.05) is 12.1 Å². The summed E-state index contributed by atoms with van der Waals surface area (Å²) in [4.78, 5) is 23.6. The monoisotopic (exact) mass is 362 g/mol. The molecule has 1 aromatic heterocycles. The molecule has 1 aliphatic carbocycles. The summed E-state index contributed by atoms with van der Waals surface area (Å²) in [6.07, 6.45) is 1.95. The number of furan rings is 1. The van der Waals surface area contributed by atoms with Gasteiger partial charge in [0.05, 0.1) is 0 Å². The number of hydrogen-bond acceptors (Lipinski definition) is 3. The van der Waals surface area contributed by atoms with Crippen LogP contribution in [0.4, 0.5) is 5.69 Å². The van der Waals surface area contributed by atoms with E-state index in [1.165, 1.54) is 0 Å². The van der Waals surface area contributed by atoms with Crippen LogP contribution in [0.15, 0.2) is 45.5 Å². The highest BCUT2D eigenvalue weighted by Crippen LogP contribution is 2.30. The van der Waals surface area contributed by atoms with Gasteiger partial charge in [0.1, 0.15) is 0 Å². The Morgan fingerprint density at radius 3 is 2.73 bits per heavy atom. The molecule has 2 amide bonds. The SMILES string of the molecule is O=C(NCc1cccc(NC(=O)C2CC2)c1)c1ccc(Br)o1. The second kappa shape index (κ2) is 6.36. The Kier molecular flexibility index (Phi) is 4.29. The topological polar surface area (TPSA) is 71.3 Å². The van der Waals surface area contributed by atoms with Gasteiger partial charge in [-0.2, -0.15) is 0 Å². The molecular formula is C16H15BrN2O3. The van der Waals surface area contributed by atoms with Gasteiger partial charge in [-0.3, -0.25) is 9.59 Å². The summed E-state index contributed by atoms with van der Waals surface area (Å²) in [5.41, 5.74) is 1.66. The van der Waals surface area contributed by atoms with Crippen molar-refractivity contribution < 1.29 is 14.0 Å². The largest absolute Gasteiger partial charge is 0.444 e. The summed E-state index contributed by atoms with van der Waals surface area (Å²) in [6.45, 7) is 0.365. The minimum atomic E-state index is -0.280. The second-order valence-electron chi connectivity index (χ2n) is 5.25. The Labute approximate surface area is 136 Å². The smallest absolute Gasteiger partial charge is 0.287 e. The molecule has 3 rings (SSSR count). The van der Waals surface area contributed by atoms with E-state index in [9.17, 15) is 9.59 Å². The molecule has 0 spiro atoms. The maximum Gasteiger partial charge on any atom is 0.287 e. The Hall–Kier alpha value is -2.08. The van der Waals surface area contributed by atoms with Crippen LogP contribution in [0.1, 0.15) is 29.0 Å². The van der Waals surface area contributed by atoms with E-state index < -0.39 is 0 Å². The molecule has 1 aliphatic rings. The van der Waals surface area contributed by atoms with Crippen molar-refractivity contribution >= 4 is 33.4 Å². The van der Waals surface area contributed by atoms with E-state index >= 15 is 0 Å². The number of benzene rings is 1. The molecule has 6 heteroatoms. The second-order valence-corrected chi connectivity index (χ2v) is 6.03. The number of nitrogens with one attached hydrogen (secondary N) is 2. The molecule has 0 saturated heterocycles. The normalized spacial score (nSPS) is 13.7. The molecule has 22 heavy (non-hydrogen) atoms. The predicted molar refractivity (Wildman–Crippen MR) is 85.4 cm³/mol. The maximum absolute atomic E-state index is 11.9. The van der Waals surface area contributed by atoms with Gasteiger partial charge in [0.25, 0.3) is 5.91 Å². The summed E-state index contributed by atoms with van der Waals surface area (Å²) >= 11 is 3.16. The minimum Gasteiger partial charge on any atom is -0.444 e. The van der Waals surface area contributed by atoms with E-state index in [0.717, 1.165) is 24.1 Å². The fraction of sp³-hybridized carbons (Fsp3) is 0.250. The van der Waals surface area contributed by atoms with Crippen LogP contribution in [0.25, 0.3) is 0 Å². The molecule has 0 unspecified atom stereocenters. The summed E-state index contributed by atoms with van der Waals surface area (Å²) in [5, 5.41) is 5.67. The molecule has 5 nitrogen and oxygen atoms in total. The van der Waals surface area contributed by atoms with E-state index in [-0.39, 0.29) is 23.5 Å². The van der Waals surface area contributed by atoms with Crippen LogP contribution >= 0.6 is 15.9 Å². The molecule has 114 valence electrons. The summed E-state index contributed by atoms with van der Waals surface area (Å²) in [5.74, 6) is 0.213. The lowest BCUT2D eigenvalue weighted by atomic mass is 10.2. The number of amides is 2. The first-order valence-corrected chi connectivity index (χ1v) is 7.84. The molecule has 0 aliphatic heterocycles. The van der Waals surface area contributed by atoms with Gasteiger partial charge >= 0.3 is 0 Å². The molecule has 1 fully saturated rings. The van der Waals surface area contributed by atoms with E-state index in [1.54, 1.807) is 12.1 Å². The van der Waals surface area contributed by atoms with Crippen molar-refractivity contribution in [1.29, 1.82) is 0 Å². The maximum atomic E-state index is 11.9. The lowest BCUT2D eigenvalue weighted by Gasteiger charge is -2.08. The predicted octanol–water partition coefficient (Wildman–Crippen LogP) is 3.32. The van der Waals surface area contributed by atoms with Crippen molar-refractivity contribution in [3.8, 4) is 0 Å². The highest BCUT2D eigenvalue weighted by molar-refractivity contribution is 9.10. The van der Waals surface area contributed by atoms with Gasteiger partial charge in [0.2, 0.25) is 5.91 Å². The van der Waals surface area contributed by atoms with Crippen molar-refractivity contribution in [3.05, 3.63) is 52.4 Å². The lowest BCUT2D eigenvalue weighted by Crippen LogP contribution is -2.22. The first kappa shape index (κ1) is 14.8. The van der Waals surface area contributed by atoms with E-state index in [1.807, 2.05) is 24.3 Å². The molecule has 0 radical (unpaired) electrons. The summed E-state index contributed by atoms with van der Waals surface area (Å²) in [6, 6.07) is 10.7. The minimum absolute atomic E-state index is 0.0709. The third-order valence-electron chi connectivity index (χ3n) is 3.39. The molecule has 2 N–H and O–H groups in total. The van der Waals surface area contributed by atoms with Gasteiger partial charge in [0, 0.05) is 18.2 Å². The van der Waals surface area contributed by atoms with Crippen LogP contribution in [0.5, 0.6) is 0 Å². The molecule has 2 aromatic rings. The molecule has 0 atom stereocenters. The van der Waals surface area contributed by atoms with Crippen LogP contribution in [0.3, 0.4) is 0 Å². The molecule has 1 saturated carbocycles. The van der Waals surface area contributed by atoms with Crippen molar-refractivity contribution in [1.82, 2.24) is 5.32 Å². The Balaban J connectivity index is 1.58. The van der Waals surface area contributed by atoms with Crippen LogP contribution in [-0.2, 0) is 11.3 Å². The summed E-state index contributed by atoms with van der Waals surface area (Å²) < 4.78 is 5.71. The number of carbonyl (C=O) groups excluding carboxylic acids is 2. The van der Waals surface area contributed by atoms with Crippen LogP contribution in [0.2, 0.25) is 0 Å². The van der Waals surface area contributed by atoms with E-state index in [0.29, 0.717) is 11.2 Å². The van der Waals surface area contributed by atoms with Crippen molar-refractivity contribution in [3.63, 3.8) is 0 Å². The standard InChI is InChI=1S/C16H15BrN2O3/c17-14-7-6-13(22-14)16(21)18-9-10-2-1-3-12(8-10)19-15(20)11-4-5-11/h1-3,6-8,11H,4-5,9H2,(H,18,21)(H,19,20). The Morgan fingerprint density at radius 1 is 1.23 bits per heavy atom. The molecular weight excluding hydrogens is 348 g/mol.